The molecule has 0 heterocycles. The Bertz CT molecular complexity index is 778. The Morgan fingerprint density at radius 1 is 1.16 bits per heavy atom. The number of nitrogens with one attached hydrogen (secondary N) is 1. The first-order valence-corrected chi connectivity index (χ1v) is 11.9. The zero-order chi connectivity index (χ0) is 23.7. The van der Waals surface area contributed by atoms with Gasteiger partial charge in [-0.1, -0.05) is 58.0 Å². The summed E-state index contributed by atoms with van der Waals surface area (Å²) in [6.07, 6.45) is 1.71. The van der Waals surface area contributed by atoms with Crippen molar-refractivity contribution < 1.29 is 33.4 Å². The van der Waals surface area contributed by atoms with E-state index in [1.807, 2.05) is 30.3 Å². The van der Waals surface area contributed by atoms with E-state index in [4.69, 9.17) is 9.47 Å². The van der Waals surface area contributed by atoms with Gasteiger partial charge in [0.05, 0.1) is 25.0 Å². The van der Waals surface area contributed by atoms with E-state index in [-0.39, 0.29) is 25.4 Å². The molecule has 0 aliphatic heterocycles. The van der Waals surface area contributed by atoms with Gasteiger partial charge in [0, 0.05) is 0 Å². The molecule has 0 aromatic heterocycles. The molecule has 1 rings (SSSR count). The molecular formula is C22H34NO7P. The van der Waals surface area contributed by atoms with Crippen LogP contribution in [0.5, 0.6) is 0 Å². The summed E-state index contributed by atoms with van der Waals surface area (Å²) < 4.78 is 23.7. The summed E-state index contributed by atoms with van der Waals surface area (Å²) in [6, 6.07) is 8.15. The van der Waals surface area contributed by atoms with Crippen molar-refractivity contribution in [1.29, 1.82) is 0 Å². The second-order valence-corrected chi connectivity index (χ2v) is 9.69. The van der Waals surface area contributed by atoms with Crippen LogP contribution in [0.25, 0.3) is 0 Å². The monoisotopic (exact) mass is 455 g/mol. The van der Waals surface area contributed by atoms with Gasteiger partial charge in [0.25, 0.3) is 0 Å². The molecule has 1 unspecified atom stereocenters. The first kappa shape index (κ1) is 27.0. The lowest BCUT2D eigenvalue weighted by molar-refractivity contribution is -0.145. The Labute approximate surface area is 184 Å². The Hall–Kier alpha value is -1.99. The van der Waals surface area contributed by atoms with E-state index in [9.17, 15) is 23.9 Å². The molecule has 1 aromatic carbocycles. The number of carbonyl (C=O) groups excluding carboxylic acids is 2. The largest absolute Gasteiger partial charge is 0.464 e. The van der Waals surface area contributed by atoms with Crippen molar-refractivity contribution in [2.75, 3.05) is 13.2 Å². The molecule has 174 valence electrons. The van der Waals surface area contributed by atoms with Crippen LogP contribution in [0.2, 0.25) is 0 Å². The number of esters is 1. The van der Waals surface area contributed by atoms with E-state index < -0.39 is 36.6 Å². The summed E-state index contributed by atoms with van der Waals surface area (Å²) >= 11 is 0. The number of hydrogen-bond donors (Lipinski definition) is 3. The lowest BCUT2D eigenvalue weighted by Gasteiger charge is -2.43. The third-order valence-electron chi connectivity index (χ3n) is 5.28. The molecule has 9 heteroatoms. The zero-order valence-corrected chi connectivity index (χ0v) is 19.7. The molecule has 3 N–H and O–H groups in total. The van der Waals surface area contributed by atoms with Crippen LogP contribution >= 0.6 is 7.60 Å². The van der Waals surface area contributed by atoms with Crippen molar-refractivity contribution >= 4 is 20.0 Å². The van der Waals surface area contributed by atoms with E-state index in [0.29, 0.717) is 6.41 Å². The van der Waals surface area contributed by atoms with E-state index in [1.165, 1.54) is 6.08 Å². The minimum atomic E-state index is -4.72. The van der Waals surface area contributed by atoms with Gasteiger partial charge >= 0.3 is 13.6 Å². The van der Waals surface area contributed by atoms with Gasteiger partial charge in [-0.15, -0.1) is 0 Å². The highest BCUT2D eigenvalue weighted by molar-refractivity contribution is 7.54. The fourth-order valence-corrected chi connectivity index (χ4v) is 5.97. The van der Waals surface area contributed by atoms with Crippen LogP contribution in [0.4, 0.5) is 0 Å². The molecular weight excluding hydrogens is 421 g/mol. The molecule has 0 bridgehead atoms. The first-order valence-electron chi connectivity index (χ1n) is 10.3. The quantitative estimate of drug-likeness (QED) is 0.181. The Morgan fingerprint density at radius 3 is 2.19 bits per heavy atom. The summed E-state index contributed by atoms with van der Waals surface area (Å²) in [5.41, 5.74) is 1.14. The Kier molecular flexibility index (Phi) is 10.6. The number of hydrogen-bond acceptors (Lipinski definition) is 5. The predicted molar refractivity (Wildman–Crippen MR) is 118 cm³/mol. The highest BCUT2D eigenvalue weighted by atomic mass is 31.2. The highest BCUT2D eigenvalue weighted by Gasteiger charge is 2.54. The van der Waals surface area contributed by atoms with Gasteiger partial charge in [-0.3, -0.25) is 9.36 Å². The molecule has 0 saturated carbocycles. The summed E-state index contributed by atoms with van der Waals surface area (Å²) in [5.74, 6) is -1.69. The van der Waals surface area contributed by atoms with Gasteiger partial charge in [0.2, 0.25) is 6.41 Å². The van der Waals surface area contributed by atoms with E-state index in [2.05, 4.69) is 5.32 Å². The molecule has 8 nitrogen and oxygen atoms in total. The van der Waals surface area contributed by atoms with Crippen LogP contribution in [0.1, 0.15) is 40.2 Å². The zero-order valence-electron chi connectivity index (χ0n) is 18.8. The van der Waals surface area contributed by atoms with Gasteiger partial charge in [-0.05, 0) is 36.0 Å². The van der Waals surface area contributed by atoms with E-state index in [1.54, 1.807) is 34.6 Å². The smallest absolute Gasteiger partial charge is 0.336 e. The van der Waals surface area contributed by atoms with Crippen molar-refractivity contribution in [3.8, 4) is 0 Å². The molecule has 0 spiro atoms. The Balaban J connectivity index is 3.49. The van der Waals surface area contributed by atoms with Gasteiger partial charge in [-0.2, -0.15) is 0 Å². The number of ether oxygens (including phenoxy) is 2. The standard InChI is InChI=1S/C22H34NO7P/c1-6-30-21(25)20(23-15-24)12-19(14-29-13-18-10-8-7-9-11-18)22(16(2)3,17(4)5)31(26,27)28/h7-12,15-17,20H,6,13-14H2,1-5H3,(H,23,24)(H2,26,27,28). The summed E-state index contributed by atoms with van der Waals surface area (Å²) in [7, 11) is -4.72. The fraction of sp³-hybridized carbons (Fsp3) is 0.545. The van der Waals surface area contributed by atoms with Crippen LogP contribution in [0.3, 0.4) is 0 Å². The minimum Gasteiger partial charge on any atom is -0.464 e. The summed E-state index contributed by atoms with van der Waals surface area (Å²) in [5, 5.41) is 0.769. The third-order valence-corrected chi connectivity index (χ3v) is 7.57. The van der Waals surface area contributed by atoms with Crippen LogP contribution in [0.15, 0.2) is 42.0 Å². The fourth-order valence-electron chi connectivity index (χ4n) is 4.11. The number of amides is 1. The lowest BCUT2D eigenvalue weighted by Crippen LogP contribution is -2.46. The summed E-state index contributed by atoms with van der Waals surface area (Å²) in [4.78, 5) is 44.3. The molecule has 0 fully saturated rings. The predicted octanol–water partition coefficient (Wildman–Crippen LogP) is 3.04. The van der Waals surface area contributed by atoms with Crippen LogP contribution < -0.4 is 5.32 Å². The maximum Gasteiger partial charge on any atom is 0.336 e. The van der Waals surface area contributed by atoms with Crippen molar-refractivity contribution in [2.45, 2.75) is 52.4 Å². The molecule has 0 radical (unpaired) electrons. The maximum absolute atomic E-state index is 12.8. The number of rotatable bonds is 13. The second-order valence-electron chi connectivity index (χ2n) is 7.86. The second kappa shape index (κ2) is 12.2. The van der Waals surface area contributed by atoms with Crippen molar-refractivity contribution in [3.63, 3.8) is 0 Å². The lowest BCUT2D eigenvalue weighted by atomic mass is 9.78. The van der Waals surface area contributed by atoms with Crippen molar-refractivity contribution in [2.24, 2.45) is 11.8 Å². The van der Waals surface area contributed by atoms with Gasteiger partial charge in [0.15, 0.2) is 0 Å². The number of carbonyl (C=O) groups is 2. The van der Waals surface area contributed by atoms with Crippen molar-refractivity contribution in [3.05, 3.63) is 47.5 Å². The Morgan fingerprint density at radius 2 is 1.74 bits per heavy atom. The van der Waals surface area contributed by atoms with Crippen molar-refractivity contribution in [1.82, 2.24) is 5.32 Å². The normalized spacial score (nSPS) is 13.9. The average Bonchev–Trinajstić information content (AvgIpc) is 2.67. The topological polar surface area (TPSA) is 122 Å². The highest BCUT2D eigenvalue weighted by Crippen LogP contribution is 2.62. The minimum absolute atomic E-state index is 0.0988. The maximum atomic E-state index is 12.8. The van der Waals surface area contributed by atoms with E-state index in [0.717, 1.165) is 5.56 Å². The van der Waals surface area contributed by atoms with Crippen LogP contribution in [0, 0.1) is 11.8 Å². The average molecular weight is 455 g/mol. The molecule has 1 aromatic rings. The van der Waals surface area contributed by atoms with Gasteiger partial charge < -0.3 is 24.6 Å². The van der Waals surface area contributed by atoms with Crippen LogP contribution in [-0.2, 0) is 30.2 Å². The molecule has 1 atom stereocenters. The molecule has 0 aliphatic carbocycles. The molecule has 0 aliphatic rings. The van der Waals surface area contributed by atoms with Gasteiger partial charge in [-0.25, -0.2) is 4.79 Å². The summed E-state index contributed by atoms with van der Waals surface area (Å²) in [6.45, 7) is 8.69. The molecule has 0 saturated heterocycles. The first-order chi connectivity index (χ1) is 14.5. The molecule has 1 amide bonds. The van der Waals surface area contributed by atoms with Gasteiger partial charge in [0.1, 0.15) is 6.04 Å². The van der Waals surface area contributed by atoms with Crippen LogP contribution in [-0.4, -0.2) is 46.6 Å². The number of benzene rings is 1. The SMILES string of the molecule is CCOC(=O)C(C=C(COCc1ccccc1)C(C(C)C)(C(C)C)P(=O)(O)O)NC=O. The van der Waals surface area contributed by atoms with E-state index >= 15 is 0 Å². The molecule has 31 heavy (non-hydrogen) atoms. The third kappa shape index (κ3) is 6.74.